The van der Waals surface area contributed by atoms with Crippen molar-refractivity contribution in [1.82, 2.24) is 14.5 Å². The number of fused-ring (bicyclic) bond motifs is 1. The lowest BCUT2D eigenvalue weighted by atomic mass is 10.1. The second kappa shape index (κ2) is 6.63. The molecule has 2 aromatic heterocycles. The summed E-state index contributed by atoms with van der Waals surface area (Å²) in [5, 5.41) is 9.45. The third kappa shape index (κ3) is 3.10. The van der Waals surface area contributed by atoms with Crippen molar-refractivity contribution in [2.24, 2.45) is 7.05 Å². The van der Waals surface area contributed by atoms with E-state index in [2.05, 4.69) is 16.0 Å². The van der Waals surface area contributed by atoms with E-state index in [4.69, 9.17) is 0 Å². The maximum atomic E-state index is 12.5. The molecule has 3 aromatic rings. The molecule has 0 amide bonds. The summed E-state index contributed by atoms with van der Waals surface area (Å²) in [6.45, 7) is 0. The molecule has 1 atom stereocenters. The van der Waals surface area contributed by atoms with Crippen LogP contribution in [-0.4, -0.2) is 26.1 Å². The summed E-state index contributed by atoms with van der Waals surface area (Å²) in [7, 11) is 1.83. The lowest BCUT2D eigenvalue weighted by molar-refractivity contribution is -0.117. The van der Waals surface area contributed by atoms with E-state index in [1.165, 1.54) is 11.8 Å². The third-order valence-electron chi connectivity index (χ3n) is 3.56. The number of hydrogen-bond acceptors (Lipinski definition) is 5. The molecule has 0 saturated heterocycles. The first kappa shape index (κ1) is 15.3. The number of Topliss-reactive ketones (excluding diaryl/α,β-unsaturated/α-hetero) is 1. The van der Waals surface area contributed by atoms with Crippen LogP contribution >= 0.6 is 11.8 Å². The zero-order chi connectivity index (χ0) is 16.2. The third-order valence-corrected chi connectivity index (χ3v) is 4.60. The molecule has 5 nitrogen and oxygen atoms in total. The first-order valence-electron chi connectivity index (χ1n) is 7.07. The van der Waals surface area contributed by atoms with E-state index in [1.807, 2.05) is 48.0 Å². The van der Waals surface area contributed by atoms with E-state index in [9.17, 15) is 10.1 Å². The van der Waals surface area contributed by atoms with Gasteiger partial charge in [0.05, 0.1) is 22.9 Å². The molecule has 0 saturated carbocycles. The zero-order valence-corrected chi connectivity index (χ0v) is 13.3. The molecule has 0 aliphatic carbocycles. The van der Waals surface area contributed by atoms with E-state index < -0.39 is 5.92 Å². The van der Waals surface area contributed by atoms with Crippen LogP contribution in [0.4, 0.5) is 0 Å². The van der Waals surface area contributed by atoms with Crippen molar-refractivity contribution in [2.45, 2.75) is 10.8 Å². The number of imidazole rings is 1. The molecule has 23 heavy (non-hydrogen) atoms. The summed E-state index contributed by atoms with van der Waals surface area (Å²) < 4.78 is 1.82. The van der Waals surface area contributed by atoms with Crippen molar-refractivity contribution in [1.29, 1.82) is 5.26 Å². The predicted octanol–water partition coefficient (Wildman–Crippen LogP) is 2.94. The number of pyridine rings is 1. The molecule has 0 bridgehead atoms. The molecule has 2 heterocycles. The Kier molecular flexibility index (Phi) is 4.40. The Labute approximate surface area is 138 Å². The smallest absolute Gasteiger partial charge is 0.167 e. The Morgan fingerprint density at radius 1 is 1.30 bits per heavy atom. The van der Waals surface area contributed by atoms with E-state index in [1.54, 1.807) is 12.4 Å². The van der Waals surface area contributed by atoms with Crippen molar-refractivity contribution in [3.63, 3.8) is 0 Å². The average molecular weight is 322 g/mol. The molecule has 114 valence electrons. The normalized spacial score (nSPS) is 12.0. The van der Waals surface area contributed by atoms with Crippen LogP contribution in [0.2, 0.25) is 0 Å². The maximum absolute atomic E-state index is 12.5. The molecule has 0 spiro atoms. The number of carbonyl (C=O) groups excluding carboxylic acids is 1. The van der Waals surface area contributed by atoms with Crippen molar-refractivity contribution in [2.75, 3.05) is 5.75 Å². The highest BCUT2D eigenvalue weighted by Gasteiger charge is 2.25. The number of aryl methyl sites for hydroxylation is 1. The van der Waals surface area contributed by atoms with Crippen LogP contribution in [0.3, 0.4) is 0 Å². The minimum Gasteiger partial charge on any atom is -0.330 e. The van der Waals surface area contributed by atoms with Gasteiger partial charge in [-0.05, 0) is 24.3 Å². The van der Waals surface area contributed by atoms with Gasteiger partial charge in [0.15, 0.2) is 11.7 Å². The van der Waals surface area contributed by atoms with Crippen molar-refractivity contribution in [3.05, 3.63) is 54.6 Å². The van der Waals surface area contributed by atoms with Crippen LogP contribution in [0.15, 0.2) is 53.7 Å². The van der Waals surface area contributed by atoms with Gasteiger partial charge in [-0.25, -0.2) is 4.98 Å². The monoisotopic (exact) mass is 322 g/mol. The SMILES string of the molecule is Cn1c(C(C#N)C(=O)CSc2ccncc2)nc2ccccc21. The number of ketones is 1. The summed E-state index contributed by atoms with van der Waals surface area (Å²) in [4.78, 5) is 21.8. The summed E-state index contributed by atoms with van der Waals surface area (Å²) in [5.74, 6) is -0.283. The molecule has 0 radical (unpaired) electrons. The van der Waals surface area contributed by atoms with Crippen molar-refractivity contribution >= 4 is 28.6 Å². The highest BCUT2D eigenvalue weighted by molar-refractivity contribution is 8.00. The van der Waals surface area contributed by atoms with Gasteiger partial charge in [-0.1, -0.05) is 12.1 Å². The van der Waals surface area contributed by atoms with Gasteiger partial charge in [0.25, 0.3) is 0 Å². The number of nitrogens with zero attached hydrogens (tertiary/aromatic N) is 4. The van der Waals surface area contributed by atoms with Gasteiger partial charge in [0.2, 0.25) is 0 Å². The second-order valence-electron chi connectivity index (χ2n) is 5.02. The number of carbonyl (C=O) groups is 1. The van der Waals surface area contributed by atoms with Crippen LogP contribution in [0.25, 0.3) is 11.0 Å². The average Bonchev–Trinajstić information content (AvgIpc) is 2.92. The van der Waals surface area contributed by atoms with E-state index in [0.29, 0.717) is 5.82 Å². The molecule has 0 aliphatic rings. The topological polar surface area (TPSA) is 71.6 Å². The largest absolute Gasteiger partial charge is 0.330 e. The fourth-order valence-corrected chi connectivity index (χ4v) is 3.16. The summed E-state index contributed by atoms with van der Waals surface area (Å²) in [5.41, 5.74) is 1.71. The molecular formula is C17H14N4OS. The number of para-hydroxylation sites is 2. The Bertz CT molecular complexity index is 882. The Balaban J connectivity index is 1.82. The Morgan fingerprint density at radius 2 is 2.04 bits per heavy atom. The first-order chi connectivity index (χ1) is 11.2. The molecule has 1 unspecified atom stereocenters. The number of rotatable bonds is 5. The van der Waals surface area contributed by atoms with Gasteiger partial charge in [-0.15, -0.1) is 11.8 Å². The van der Waals surface area contributed by atoms with Gasteiger partial charge >= 0.3 is 0 Å². The number of aromatic nitrogens is 3. The van der Waals surface area contributed by atoms with Crippen LogP contribution in [0, 0.1) is 11.3 Å². The summed E-state index contributed by atoms with van der Waals surface area (Å²) in [6, 6.07) is 13.4. The molecule has 1 aromatic carbocycles. The number of benzene rings is 1. The van der Waals surface area contributed by atoms with E-state index in [-0.39, 0.29) is 11.5 Å². The molecular weight excluding hydrogens is 308 g/mol. The zero-order valence-electron chi connectivity index (χ0n) is 12.5. The van der Waals surface area contributed by atoms with Crippen LogP contribution < -0.4 is 0 Å². The van der Waals surface area contributed by atoms with E-state index >= 15 is 0 Å². The van der Waals surface area contributed by atoms with Gasteiger partial charge in [-0.3, -0.25) is 9.78 Å². The molecule has 3 rings (SSSR count). The highest BCUT2D eigenvalue weighted by Crippen LogP contribution is 2.24. The van der Waals surface area contributed by atoms with Gasteiger partial charge in [0.1, 0.15) is 5.82 Å². The van der Waals surface area contributed by atoms with Gasteiger partial charge in [0, 0.05) is 24.3 Å². The standard InChI is InChI=1S/C17H14N4OS/c1-21-15-5-3-2-4-14(15)20-17(21)13(10-18)16(22)11-23-12-6-8-19-9-7-12/h2-9,13H,11H2,1H3. The fraction of sp³-hybridized carbons (Fsp3) is 0.176. The van der Waals surface area contributed by atoms with E-state index in [0.717, 1.165) is 15.9 Å². The van der Waals surface area contributed by atoms with Gasteiger partial charge in [-0.2, -0.15) is 5.26 Å². The molecule has 6 heteroatoms. The predicted molar refractivity (Wildman–Crippen MR) is 89.0 cm³/mol. The van der Waals surface area contributed by atoms with Crippen molar-refractivity contribution in [3.8, 4) is 6.07 Å². The quantitative estimate of drug-likeness (QED) is 0.675. The summed E-state index contributed by atoms with van der Waals surface area (Å²) in [6.07, 6.45) is 3.36. The lowest BCUT2D eigenvalue weighted by Gasteiger charge is -2.08. The minimum atomic E-state index is -0.860. The van der Waals surface area contributed by atoms with Crippen molar-refractivity contribution < 1.29 is 4.79 Å². The molecule has 0 N–H and O–H groups in total. The fourth-order valence-electron chi connectivity index (χ4n) is 2.37. The van der Waals surface area contributed by atoms with Crippen LogP contribution in [-0.2, 0) is 11.8 Å². The lowest BCUT2D eigenvalue weighted by Crippen LogP contribution is -2.17. The first-order valence-corrected chi connectivity index (χ1v) is 8.06. The second-order valence-corrected chi connectivity index (χ2v) is 6.07. The summed E-state index contributed by atoms with van der Waals surface area (Å²) >= 11 is 1.40. The minimum absolute atomic E-state index is 0.146. The number of hydrogen-bond donors (Lipinski definition) is 0. The highest BCUT2D eigenvalue weighted by atomic mass is 32.2. The maximum Gasteiger partial charge on any atom is 0.167 e. The van der Waals surface area contributed by atoms with Crippen LogP contribution in [0.5, 0.6) is 0 Å². The van der Waals surface area contributed by atoms with Gasteiger partial charge < -0.3 is 4.57 Å². The molecule has 0 fully saturated rings. The van der Waals surface area contributed by atoms with Crippen LogP contribution in [0.1, 0.15) is 11.7 Å². The Morgan fingerprint density at radius 3 is 2.74 bits per heavy atom. The number of nitriles is 1. The molecule has 0 aliphatic heterocycles. The number of thioether (sulfide) groups is 1. The Hall–Kier alpha value is -2.65.